The SMILES string of the molecule is CC.CC(C)c1ccc2c(c1)C(C)Cc1ccccc1-2.Cc1ccc(C)cc1.Cc1ccc2c(c1)C(C)(C)c1cc(-c3ccc4ccc(-c5ccccc5)cc4c3)c3ccccc3c1-2. The highest BCUT2D eigenvalue weighted by molar-refractivity contribution is 6.09. The molecule has 2 aliphatic carbocycles. The zero-order valence-electron chi connectivity index (χ0n) is 39.7. The predicted molar refractivity (Wildman–Crippen MR) is 280 cm³/mol. The van der Waals surface area contributed by atoms with E-state index in [9.17, 15) is 0 Å². The molecule has 0 fully saturated rings. The zero-order valence-corrected chi connectivity index (χ0v) is 39.7. The van der Waals surface area contributed by atoms with Crippen LogP contribution >= 0.6 is 0 Å². The molecule has 0 aliphatic heterocycles. The summed E-state index contributed by atoms with van der Waals surface area (Å²) in [6, 6.07) is 67.1. The van der Waals surface area contributed by atoms with Crippen LogP contribution in [0.1, 0.15) is 105 Å². The molecule has 0 radical (unpaired) electrons. The molecule has 2 aliphatic rings. The van der Waals surface area contributed by atoms with Gasteiger partial charge in [0.25, 0.3) is 0 Å². The van der Waals surface area contributed by atoms with E-state index in [1.165, 1.54) is 117 Å². The molecule has 0 heteroatoms. The third-order valence-electron chi connectivity index (χ3n) is 13.4. The first-order valence-corrected chi connectivity index (χ1v) is 23.5. The van der Waals surface area contributed by atoms with Crippen molar-refractivity contribution in [3.8, 4) is 44.5 Å². The lowest BCUT2D eigenvalue weighted by Gasteiger charge is -2.26. The molecule has 0 heterocycles. The monoisotopic (exact) mass is 833 g/mol. The van der Waals surface area contributed by atoms with Crippen molar-refractivity contribution in [1.29, 1.82) is 0 Å². The highest BCUT2D eigenvalue weighted by Gasteiger charge is 2.37. The van der Waals surface area contributed by atoms with E-state index >= 15 is 0 Å². The maximum absolute atomic E-state index is 2.47. The van der Waals surface area contributed by atoms with Gasteiger partial charge in [0.15, 0.2) is 0 Å². The van der Waals surface area contributed by atoms with Gasteiger partial charge < -0.3 is 0 Å². The molecular weight excluding hydrogens is 769 g/mol. The van der Waals surface area contributed by atoms with Crippen LogP contribution in [0.5, 0.6) is 0 Å². The van der Waals surface area contributed by atoms with Crippen molar-refractivity contribution in [2.75, 3.05) is 0 Å². The molecule has 0 saturated heterocycles. The molecule has 0 saturated carbocycles. The first kappa shape index (κ1) is 44.1. The lowest BCUT2D eigenvalue weighted by Crippen LogP contribution is -2.15. The van der Waals surface area contributed by atoms with Crippen molar-refractivity contribution in [2.24, 2.45) is 0 Å². The molecule has 0 N–H and O–H groups in total. The van der Waals surface area contributed by atoms with Crippen LogP contribution < -0.4 is 0 Å². The molecular formula is C64H64. The Hall–Kier alpha value is -6.50. The van der Waals surface area contributed by atoms with Gasteiger partial charge in [-0.05, 0) is 151 Å². The van der Waals surface area contributed by atoms with E-state index < -0.39 is 0 Å². The van der Waals surface area contributed by atoms with Crippen LogP contribution in [0.25, 0.3) is 66.1 Å². The summed E-state index contributed by atoms with van der Waals surface area (Å²) in [5.41, 5.74) is 22.0. The van der Waals surface area contributed by atoms with Crippen LogP contribution in [0.15, 0.2) is 182 Å². The number of aryl methyl sites for hydroxylation is 3. The third-order valence-corrected chi connectivity index (χ3v) is 13.4. The zero-order chi connectivity index (χ0) is 45.1. The molecule has 320 valence electrons. The molecule has 0 aromatic heterocycles. The average molecular weight is 833 g/mol. The molecule has 1 unspecified atom stereocenters. The number of benzene rings is 9. The van der Waals surface area contributed by atoms with E-state index in [0.717, 1.165) is 0 Å². The molecule has 9 aromatic carbocycles. The fourth-order valence-electron chi connectivity index (χ4n) is 9.79. The Morgan fingerprint density at radius 3 is 1.75 bits per heavy atom. The molecule has 11 rings (SSSR count). The second-order valence-corrected chi connectivity index (χ2v) is 18.6. The number of rotatable bonds is 3. The molecule has 64 heavy (non-hydrogen) atoms. The van der Waals surface area contributed by atoms with Gasteiger partial charge in [0.2, 0.25) is 0 Å². The first-order valence-electron chi connectivity index (χ1n) is 23.5. The minimum atomic E-state index is -0.0349. The predicted octanol–water partition coefficient (Wildman–Crippen LogP) is 18.4. The van der Waals surface area contributed by atoms with Crippen LogP contribution in [0.2, 0.25) is 0 Å². The van der Waals surface area contributed by atoms with Crippen molar-refractivity contribution in [2.45, 2.75) is 92.9 Å². The minimum absolute atomic E-state index is 0.0349. The van der Waals surface area contributed by atoms with E-state index in [2.05, 4.69) is 237 Å². The van der Waals surface area contributed by atoms with Gasteiger partial charge in [-0.25, -0.2) is 0 Å². The Morgan fingerprint density at radius 2 is 1.05 bits per heavy atom. The molecule has 0 nitrogen and oxygen atoms in total. The van der Waals surface area contributed by atoms with Crippen molar-refractivity contribution < 1.29 is 0 Å². The van der Waals surface area contributed by atoms with Gasteiger partial charge in [-0.3, -0.25) is 0 Å². The summed E-state index contributed by atoms with van der Waals surface area (Å²) in [7, 11) is 0. The highest BCUT2D eigenvalue weighted by atomic mass is 14.4. The summed E-state index contributed by atoms with van der Waals surface area (Å²) in [5.74, 6) is 1.24. The molecule has 0 spiro atoms. The van der Waals surface area contributed by atoms with E-state index in [1.54, 1.807) is 0 Å². The second kappa shape index (κ2) is 18.7. The van der Waals surface area contributed by atoms with Crippen molar-refractivity contribution in [1.82, 2.24) is 0 Å². The fourth-order valence-corrected chi connectivity index (χ4v) is 9.79. The van der Waals surface area contributed by atoms with E-state index in [-0.39, 0.29) is 5.41 Å². The van der Waals surface area contributed by atoms with Gasteiger partial charge in [-0.1, -0.05) is 229 Å². The summed E-state index contributed by atoms with van der Waals surface area (Å²) >= 11 is 0. The second-order valence-electron chi connectivity index (χ2n) is 18.6. The first-order chi connectivity index (χ1) is 31.0. The van der Waals surface area contributed by atoms with Gasteiger partial charge in [0.1, 0.15) is 0 Å². The Balaban J connectivity index is 0.000000165. The van der Waals surface area contributed by atoms with Gasteiger partial charge >= 0.3 is 0 Å². The smallest absolute Gasteiger partial charge is 0.0159 e. The summed E-state index contributed by atoms with van der Waals surface area (Å²) in [5, 5.41) is 5.21. The molecule has 9 aromatic rings. The normalized spacial score (nSPS) is 13.8. The Kier molecular flexibility index (Phi) is 12.9. The quantitative estimate of drug-likeness (QED) is 0.166. The summed E-state index contributed by atoms with van der Waals surface area (Å²) in [6.45, 7) is 22.0. The van der Waals surface area contributed by atoms with Crippen LogP contribution in [0.4, 0.5) is 0 Å². The van der Waals surface area contributed by atoms with Crippen molar-refractivity contribution in [3.63, 3.8) is 0 Å². The number of hydrogen-bond acceptors (Lipinski definition) is 0. The van der Waals surface area contributed by atoms with E-state index in [1.807, 2.05) is 13.8 Å². The average Bonchev–Trinajstić information content (AvgIpc) is 3.55. The number of hydrogen-bond donors (Lipinski definition) is 0. The fraction of sp³-hybridized carbons (Fsp3) is 0.219. The van der Waals surface area contributed by atoms with Crippen LogP contribution in [0.3, 0.4) is 0 Å². The maximum atomic E-state index is 2.47. The van der Waals surface area contributed by atoms with E-state index in [0.29, 0.717) is 11.8 Å². The maximum Gasteiger partial charge on any atom is 0.0159 e. The standard InChI is InChI=1S/C36H28.C18H20.C8H10.C2H6/c1-23-13-18-31-33(19-23)36(2,3)34-22-32(29-11-7-8-12-30(29)35(31)34)27-17-15-25-14-16-26(20-28(25)21-27)24-9-5-4-6-10-24;1-12(2)14-8-9-17-16-7-5-4-6-15(16)10-13(3)18(17)11-14;1-7-3-5-8(2)6-4-7;1-2/h4-22H,1-3H3;4-9,11-13H,10H2,1-3H3;3-6H,1-2H3;1-2H3. The molecule has 0 amide bonds. The van der Waals surface area contributed by atoms with Gasteiger partial charge in [-0.2, -0.15) is 0 Å². The summed E-state index contributed by atoms with van der Waals surface area (Å²) in [6.07, 6.45) is 1.17. The summed E-state index contributed by atoms with van der Waals surface area (Å²) < 4.78 is 0. The Bertz CT molecular complexity index is 3050. The van der Waals surface area contributed by atoms with Gasteiger partial charge in [0.05, 0.1) is 0 Å². The molecule has 0 bridgehead atoms. The Morgan fingerprint density at radius 1 is 0.453 bits per heavy atom. The summed E-state index contributed by atoms with van der Waals surface area (Å²) in [4.78, 5) is 0. The van der Waals surface area contributed by atoms with Crippen LogP contribution in [-0.4, -0.2) is 0 Å². The number of fused-ring (bicyclic) bond motifs is 9. The molecule has 1 atom stereocenters. The van der Waals surface area contributed by atoms with Crippen LogP contribution in [-0.2, 0) is 11.8 Å². The third kappa shape index (κ3) is 8.72. The van der Waals surface area contributed by atoms with Crippen LogP contribution in [0, 0.1) is 20.8 Å². The van der Waals surface area contributed by atoms with Gasteiger partial charge in [0, 0.05) is 5.41 Å². The van der Waals surface area contributed by atoms with E-state index in [4.69, 9.17) is 0 Å². The minimum Gasteiger partial charge on any atom is -0.0683 e. The van der Waals surface area contributed by atoms with Crippen molar-refractivity contribution in [3.05, 3.63) is 226 Å². The Labute approximate surface area is 383 Å². The van der Waals surface area contributed by atoms with Crippen molar-refractivity contribution >= 4 is 21.5 Å². The largest absolute Gasteiger partial charge is 0.0683 e. The lowest BCUT2D eigenvalue weighted by atomic mass is 9.78. The van der Waals surface area contributed by atoms with Gasteiger partial charge in [-0.15, -0.1) is 0 Å². The lowest BCUT2D eigenvalue weighted by molar-refractivity contribution is 0.660. The topological polar surface area (TPSA) is 0 Å². The highest BCUT2D eigenvalue weighted by Crippen LogP contribution is 2.53.